The molecule has 0 aliphatic carbocycles. The Labute approximate surface area is 86.4 Å². The van der Waals surface area contributed by atoms with E-state index in [4.69, 9.17) is 10.8 Å². The smallest absolute Gasteiger partial charge is 0.250 e. The number of rotatable bonds is 2. The van der Waals surface area contributed by atoms with Crippen LogP contribution >= 0.6 is 0 Å². The first-order chi connectivity index (χ1) is 7.22. The van der Waals surface area contributed by atoms with Gasteiger partial charge in [-0.05, 0) is 12.1 Å². The van der Waals surface area contributed by atoms with E-state index in [2.05, 4.69) is 4.98 Å². The van der Waals surface area contributed by atoms with E-state index < -0.39 is 5.91 Å². The number of carbonyl (C=O) groups excluding carboxylic acids is 1. The SMILES string of the molecule is NC(=O)c1cc2ccccc2nc1CO. The predicted octanol–water partition coefficient (Wildman–Crippen LogP) is 0.826. The number of hydrogen-bond donors (Lipinski definition) is 2. The molecule has 0 aliphatic rings. The van der Waals surface area contributed by atoms with Crippen molar-refractivity contribution in [3.05, 3.63) is 41.6 Å². The zero-order valence-electron chi connectivity index (χ0n) is 7.97. The van der Waals surface area contributed by atoms with Gasteiger partial charge < -0.3 is 10.8 Å². The van der Waals surface area contributed by atoms with Crippen LogP contribution in [-0.4, -0.2) is 16.0 Å². The Morgan fingerprint density at radius 1 is 1.40 bits per heavy atom. The van der Waals surface area contributed by atoms with Crippen LogP contribution in [0.4, 0.5) is 0 Å². The number of aromatic nitrogens is 1. The number of aliphatic hydroxyl groups excluding tert-OH is 1. The zero-order chi connectivity index (χ0) is 10.8. The van der Waals surface area contributed by atoms with Gasteiger partial charge >= 0.3 is 0 Å². The van der Waals surface area contributed by atoms with Crippen LogP contribution in [-0.2, 0) is 6.61 Å². The molecule has 1 heterocycles. The van der Waals surface area contributed by atoms with E-state index in [0.717, 1.165) is 10.9 Å². The fourth-order valence-electron chi connectivity index (χ4n) is 1.49. The minimum Gasteiger partial charge on any atom is -0.390 e. The Bertz CT molecular complexity index is 523. The lowest BCUT2D eigenvalue weighted by Gasteiger charge is -2.05. The van der Waals surface area contributed by atoms with Crippen molar-refractivity contribution in [2.45, 2.75) is 6.61 Å². The third kappa shape index (κ3) is 1.67. The lowest BCUT2D eigenvalue weighted by atomic mass is 10.1. The summed E-state index contributed by atoms with van der Waals surface area (Å²) in [5, 5.41) is 9.89. The summed E-state index contributed by atoms with van der Waals surface area (Å²) < 4.78 is 0. The Hall–Kier alpha value is -1.94. The van der Waals surface area contributed by atoms with Crippen molar-refractivity contribution in [1.29, 1.82) is 0 Å². The maximum atomic E-state index is 11.1. The Morgan fingerprint density at radius 2 is 2.13 bits per heavy atom. The van der Waals surface area contributed by atoms with Crippen molar-refractivity contribution in [3.63, 3.8) is 0 Å². The quantitative estimate of drug-likeness (QED) is 0.757. The van der Waals surface area contributed by atoms with Gasteiger partial charge in [0, 0.05) is 5.39 Å². The molecule has 0 bridgehead atoms. The van der Waals surface area contributed by atoms with Crippen molar-refractivity contribution in [3.8, 4) is 0 Å². The monoisotopic (exact) mass is 202 g/mol. The van der Waals surface area contributed by atoms with E-state index in [9.17, 15) is 4.79 Å². The van der Waals surface area contributed by atoms with Crippen molar-refractivity contribution >= 4 is 16.8 Å². The molecule has 1 aromatic heterocycles. The van der Waals surface area contributed by atoms with Crippen LogP contribution in [0.3, 0.4) is 0 Å². The maximum absolute atomic E-state index is 11.1. The van der Waals surface area contributed by atoms with Gasteiger partial charge in [-0.15, -0.1) is 0 Å². The van der Waals surface area contributed by atoms with Crippen LogP contribution in [0, 0.1) is 0 Å². The largest absolute Gasteiger partial charge is 0.390 e. The van der Waals surface area contributed by atoms with Crippen LogP contribution in [0.1, 0.15) is 16.1 Å². The molecule has 0 aliphatic heterocycles. The number of nitrogens with two attached hydrogens (primary N) is 1. The van der Waals surface area contributed by atoms with Gasteiger partial charge in [-0.2, -0.15) is 0 Å². The summed E-state index contributed by atoms with van der Waals surface area (Å²) in [5.74, 6) is -0.572. The third-order valence-corrected chi connectivity index (χ3v) is 2.22. The minimum absolute atomic E-state index is 0.274. The molecule has 4 heteroatoms. The molecular weight excluding hydrogens is 192 g/mol. The molecule has 0 radical (unpaired) electrons. The maximum Gasteiger partial charge on any atom is 0.250 e. The van der Waals surface area contributed by atoms with E-state index in [-0.39, 0.29) is 12.2 Å². The number of nitrogens with zero attached hydrogens (tertiary/aromatic N) is 1. The fourth-order valence-corrected chi connectivity index (χ4v) is 1.49. The van der Waals surface area contributed by atoms with Crippen LogP contribution in [0.25, 0.3) is 10.9 Å². The molecule has 15 heavy (non-hydrogen) atoms. The summed E-state index contributed by atoms with van der Waals surface area (Å²) in [6.07, 6.45) is 0. The van der Waals surface area contributed by atoms with E-state index in [0.29, 0.717) is 5.69 Å². The molecule has 1 amide bonds. The molecule has 0 saturated heterocycles. The molecule has 0 unspecified atom stereocenters. The molecule has 3 N–H and O–H groups in total. The molecular formula is C11H10N2O2. The molecule has 2 rings (SSSR count). The molecule has 0 fully saturated rings. The van der Waals surface area contributed by atoms with Crippen LogP contribution in [0.15, 0.2) is 30.3 Å². The van der Waals surface area contributed by atoms with Crippen LogP contribution < -0.4 is 5.73 Å². The summed E-state index contributed by atoms with van der Waals surface area (Å²) in [6, 6.07) is 9.01. The first-order valence-electron chi connectivity index (χ1n) is 4.51. The van der Waals surface area contributed by atoms with Gasteiger partial charge in [0.1, 0.15) is 0 Å². The highest BCUT2D eigenvalue weighted by molar-refractivity contribution is 5.97. The Balaban J connectivity index is 2.74. The second-order valence-electron chi connectivity index (χ2n) is 3.20. The minimum atomic E-state index is -0.572. The average molecular weight is 202 g/mol. The highest BCUT2D eigenvalue weighted by Gasteiger charge is 2.10. The highest BCUT2D eigenvalue weighted by Crippen LogP contribution is 2.16. The molecule has 76 valence electrons. The number of hydrogen-bond acceptors (Lipinski definition) is 3. The lowest BCUT2D eigenvalue weighted by molar-refractivity contribution is 0.0997. The molecule has 0 spiro atoms. The summed E-state index contributed by atoms with van der Waals surface area (Å²) in [7, 11) is 0. The van der Waals surface area contributed by atoms with Crippen molar-refractivity contribution in [2.24, 2.45) is 5.73 Å². The number of carbonyl (C=O) groups is 1. The first kappa shape index (κ1) is 9.61. The van der Waals surface area contributed by atoms with E-state index in [1.54, 1.807) is 6.07 Å². The van der Waals surface area contributed by atoms with Gasteiger partial charge in [0.2, 0.25) is 0 Å². The average Bonchev–Trinajstić information content (AvgIpc) is 2.27. The van der Waals surface area contributed by atoms with Crippen LogP contribution in [0.2, 0.25) is 0 Å². The summed E-state index contributed by atoms with van der Waals surface area (Å²) in [6.45, 7) is -0.289. The number of aliphatic hydroxyl groups is 1. The Morgan fingerprint density at radius 3 is 2.80 bits per heavy atom. The van der Waals surface area contributed by atoms with Gasteiger partial charge in [0.05, 0.1) is 23.4 Å². The van der Waals surface area contributed by atoms with Gasteiger partial charge in [-0.3, -0.25) is 4.79 Å². The number of fused-ring (bicyclic) bond motifs is 1. The van der Waals surface area contributed by atoms with E-state index in [1.165, 1.54) is 0 Å². The van der Waals surface area contributed by atoms with Gasteiger partial charge in [0.25, 0.3) is 5.91 Å². The normalized spacial score (nSPS) is 10.5. The summed E-state index contributed by atoms with van der Waals surface area (Å²) in [5.41, 5.74) is 6.53. The fraction of sp³-hybridized carbons (Fsp3) is 0.0909. The number of pyridine rings is 1. The number of primary amides is 1. The second-order valence-corrected chi connectivity index (χ2v) is 3.20. The molecule has 2 aromatic rings. The first-order valence-corrected chi connectivity index (χ1v) is 4.51. The summed E-state index contributed by atoms with van der Waals surface area (Å²) >= 11 is 0. The molecule has 4 nitrogen and oxygen atoms in total. The zero-order valence-corrected chi connectivity index (χ0v) is 7.97. The lowest BCUT2D eigenvalue weighted by Crippen LogP contribution is -2.15. The second kappa shape index (κ2) is 3.67. The standard InChI is InChI=1S/C11H10N2O2/c12-11(15)8-5-7-3-1-2-4-9(7)13-10(8)6-14/h1-5,14H,6H2,(H2,12,15). The van der Waals surface area contributed by atoms with Gasteiger partial charge in [0.15, 0.2) is 0 Å². The van der Waals surface area contributed by atoms with Crippen molar-refractivity contribution in [1.82, 2.24) is 4.98 Å². The summed E-state index contributed by atoms with van der Waals surface area (Å²) in [4.78, 5) is 15.3. The van der Waals surface area contributed by atoms with Crippen molar-refractivity contribution in [2.75, 3.05) is 0 Å². The topological polar surface area (TPSA) is 76.2 Å². The molecule has 0 atom stereocenters. The van der Waals surface area contributed by atoms with Gasteiger partial charge in [-0.1, -0.05) is 18.2 Å². The number of para-hydroxylation sites is 1. The van der Waals surface area contributed by atoms with Crippen molar-refractivity contribution < 1.29 is 9.90 Å². The number of amides is 1. The highest BCUT2D eigenvalue weighted by atomic mass is 16.3. The van der Waals surface area contributed by atoms with E-state index >= 15 is 0 Å². The Kier molecular flexibility index (Phi) is 2.35. The number of benzene rings is 1. The molecule has 0 saturated carbocycles. The third-order valence-electron chi connectivity index (χ3n) is 2.22. The predicted molar refractivity (Wildman–Crippen MR) is 56.2 cm³/mol. The van der Waals surface area contributed by atoms with Gasteiger partial charge in [-0.25, -0.2) is 4.98 Å². The molecule has 1 aromatic carbocycles. The van der Waals surface area contributed by atoms with E-state index in [1.807, 2.05) is 24.3 Å². The van der Waals surface area contributed by atoms with Crippen LogP contribution in [0.5, 0.6) is 0 Å².